The molecule has 0 spiro atoms. The summed E-state index contributed by atoms with van der Waals surface area (Å²) in [6, 6.07) is 99.6. The largest absolute Gasteiger partial charge is 0.311 e. The van der Waals surface area contributed by atoms with Gasteiger partial charge in [-0.1, -0.05) is 258 Å². The normalized spacial score (nSPS) is 13.2. The molecule has 7 heteroatoms. The highest BCUT2D eigenvalue weighted by atomic mass is 32.2. The first-order chi connectivity index (χ1) is 45.7. The molecule has 0 aliphatic carbocycles. The van der Waals surface area contributed by atoms with Crippen LogP contribution < -0.4 is 31.1 Å². The van der Waals surface area contributed by atoms with Gasteiger partial charge in [0.15, 0.2) is 0 Å². The topological polar surface area (TPSA) is 14.7 Å². The second-order valence-corrected chi connectivity index (χ2v) is 32.4. The van der Waals surface area contributed by atoms with Gasteiger partial charge in [0.2, 0.25) is 0 Å². The lowest BCUT2D eigenvalue weighted by Gasteiger charge is -2.42. The van der Waals surface area contributed by atoms with Crippen LogP contribution >= 0.6 is 23.1 Å². The summed E-state index contributed by atoms with van der Waals surface area (Å²) in [5.41, 5.74) is 25.1. The summed E-state index contributed by atoms with van der Waals surface area (Å²) in [5.74, 6) is 0. The third-order valence-electron chi connectivity index (χ3n) is 19.8. The van der Waals surface area contributed by atoms with E-state index in [9.17, 15) is 0 Å². The van der Waals surface area contributed by atoms with Crippen molar-refractivity contribution in [3.63, 3.8) is 0 Å². The zero-order valence-corrected chi connectivity index (χ0v) is 58.1. The first-order valence-electron chi connectivity index (χ1n) is 33.6. The molecule has 16 rings (SSSR count). The molecule has 14 aromatic rings. The van der Waals surface area contributed by atoms with Gasteiger partial charge in [-0.05, 0) is 164 Å². The number of aromatic nitrogens is 1. The summed E-state index contributed by atoms with van der Waals surface area (Å²) in [7, 11) is 0. The van der Waals surface area contributed by atoms with Gasteiger partial charge >= 0.3 is 0 Å². The van der Waals surface area contributed by atoms with Crippen LogP contribution in [-0.4, -0.2) is 11.3 Å². The second kappa shape index (κ2) is 22.6. The van der Waals surface area contributed by atoms with Crippen molar-refractivity contribution in [3.8, 4) is 16.8 Å². The molecule has 0 saturated carbocycles. The summed E-state index contributed by atoms with van der Waals surface area (Å²) < 4.78 is 5.08. The highest BCUT2D eigenvalue weighted by molar-refractivity contribution is 8.00. The van der Waals surface area contributed by atoms with Crippen molar-refractivity contribution in [3.05, 3.63) is 283 Å². The molecule has 0 amide bonds. The number of thiophene rings is 1. The van der Waals surface area contributed by atoms with Gasteiger partial charge in [0.25, 0.3) is 6.71 Å². The van der Waals surface area contributed by atoms with Crippen LogP contribution in [0.4, 0.5) is 51.2 Å². The number of para-hydroxylation sites is 3. The van der Waals surface area contributed by atoms with Crippen LogP contribution in [0.1, 0.15) is 105 Å². The Morgan fingerprint density at radius 1 is 0.358 bits per heavy atom. The predicted molar refractivity (Wildman–Crippen MR) is 413 cm³/mol. The number of hydrogen-bond acceptors (Lipinski definition) is 5. The summed E-state index contributed by atoms with van der Waals surface area (Å²) in [6.45, 7) is 27.5. The van der Waals surface area contributed by atoms with Gasteiger partial charge < -0.3 is 19.3 Å². The van der Waals surface area contributed by atoms with Gasteiger partial charge in [-0.15, -0.1) is 11.3 Å². The fourth-order valence-electron chi connectivity index (χ4n) is 14.8. The Labute approximate surface area is 569 Å². The van der Waals surface area contributed by atoms with Gasteiger partial charge in [0.05, 0.1) is 22.4 Å². The van der Waals surface area contributed by atoms with E-state index in [4.69, 9.17) is 0 Å². The third kappa shape index (κ3) is 10.4. The minimum atomic E-state index is -0.161. The average Bonchev–Trinajstić information content (AvgIpc) is 1.67. The van der Waals surface area contributed by atoms with E-state index in [1.807, 2.05) is 23.1 Å². The third-order valence-corrected chi connectivity index (χ3v) is 22.2. The maximum atomic E-state index is 2.67. The Morgan fingerprint density at radius 2 is 0.863 bits per heavy atom. The molecule has 0 bridgehead atoms. The first kappa shape index (κ1) is 60.4. The molecular formula is C88H79BN4S2. The fraction of sp³-hybridized carbons (Fsp3) is 0.182. The minimum absolute atomic E-state index is 0.00602. The minimum Gasteiger partial charge on any atom is -0.311 e. The standard InChI is InChI=1S/C88H79BN4S2/c1-85(2,3)57-37-43-61(44-38-57)90(64-28-24-27-60(51-64)88(10,11)12)65-49-50-71-79(53-65)94-80-54-66(92-73-34-21-17-30-68(73)69-31-18-22-35-74(69)92)52-76-82(80)89(71)83-77(93(76)72-33-20-16-29-67(72)56-25-14-13-15-26-56)55-75(81-70-32-19-23-36-78(70)95-84(81)83)91(62-45-39-58(40-46-62)86(4,5)6)63-47-41-59(42-48-63)87(7,8)9/h13-55H,1-12H3. The number of fused-ring (bicyclic) bond motifs is 11. The molecule has 12 aromatic carbocycles. The lowest BCUT2D eigenvalue weighted by Crippen LogP contribution is -2.60. The summed E-state index contributed by atoms with van der Waals surface area (Å²) in [6.07, 6.45) is 0. The van der Waals surface area contributed by atoms with Crippen LogP contribution in [0.2, 0.25) is 0 Å². The van der Waals surface area contributed by atoms with Crippen LogP contribution in [0.25, 0.3) is 58.8 Å². The Bertz CT molecular complexity index is 5210. The van der Waals surface area contributed by atoms with Crippen LogP contribution in [0.3, 0.4) is 0 Å². The van der Waals surface area contributed by atoms with Crippen LogP contribution in [0.15, 0.2) is 271 Å². The lowest BCUT2D eigenvalue weighted by molar-refractivity contribution is 0.590. The lowest BCUT2D eigenvalue weighted by atomic mass is 9.34. The number of hydrogen-bond donors (Lipinski definition) is 0. The molecule has 4 heterocycles. The summed E-state index contributed by atoms with van der Waals surface area (Å²) in [5, 5.41) is 4.98. The van der Waals surface area contributed by atoms with Crippen LogP contribution in [0.5, 0.6) is 0 Å². The maximum absolute atomic E-state index is 2.67. The molecule has 0 unspecified atom stereocenters. The molecule has 2 aliphatic heterocycles. The SMILES string of the molecule is CC(C)(C)c1ccc(N(c2cccc(C(C)(C)C)c2)c2ccc3c(c2)Sc2cc(-n4c5ccccc5c5ccccc54)cc4c2B3c2c(cc(N(c3ccc(C(C)(C)C)cc3)c3ccc(C(C)(C)C)cc3)c3c2sc2ccccc23)N4c2ccccc2-c2ccccc2)cc1. The average molecular weight is 1270 g/mol. The Hall–Kier alpha value is -9.53. The molecule has 4 nitrogen and oxygen atoms in total. The highest BCUT2D eigenvalue weighted by Gasteiger charge is 2.45. The van der Waals surface area contributed by atoms with E-state index < -0.39 is 0 Å². The Balaban J connectivity index is 1.03. The summed E-state index contributed by atoms with van der Waals surface area (Å²) >= 11 is 3.87. The predicted octanol–water partition coefficient (Wildman–Crippen LogP) is 23.7. The zero-order chi connectivity index (χ0) is 65.4. The van der Waals surface area contributed by atoms with E-state index >= 15 is 0 Å². The number of benzene rings is 12. The van der Waals surface area contributed by atoms with Crippen LogP contribution in [-0.2, 0) is 21.7 Å². The quantitative estimate of drug-likeness (QED) is 0.134. The monoisotopic (exact) mass is 1270 g/mol. The van der Waals surface area contributed by atoms with Crippen molar-refractivity contribution < 1.29 is 0 Å². The molecule has 466 valence electrons. The van der Waals surface area contributed by atoms with Crippen molar-refractivity contribution in [1.82, 2.24) is 4.57 Å². The van der Waals surface area contributed by atoms with Gasteiger partial charge in [-0.3, -0.25) is 0 Å². The Morgan fingerprint density at radius 3 is 1.46 bits per heavy atom. The van der Waals surface area contributed by atoms with E-state index in [0.717, 1.165) is 51.2 Å². The second-order valence-electron chi connectivity index (χ2n) is 30.2. The number of nitrogens with zero attached hydrogens (tertiary/aromatic N) is 4. The molecule has 0 radical (unpaired) electrons. The van der Waals surface area contributed by atoms with Crippen molar-refractivity contribution in [2.75, 3.05) is 14.7 Å². The molecule has 2 aliphatic rings. The molecule has 95 heavy (non-hydrogen) atoms. The van der Waals surface area contributed by atoms with Gasteiger partial charge in [-0.2, -0.15) is 0 Å². The van der Waals surface area contributed by atoms with Gasteiger partial charge in [-0.25, -0.2) is 0 Å². The molecule has 0 N–H and O–H groups in total. The zero-order valence-electron chi connectivity index (χ0n) is 56.5. The van der Waals surface area contributed by atoms with Crippen molar-refractivity contribution >= 4 is 139 Å². The van der Waals surface area contributed by atoms with Gasteiger partial charge in [0.1, 0.15) is 0 Å². The van der Waals surface area contributed by atoms with E-state index in [0.29, 0.717) is 0 Å². The molecular weight excluding hydrogens is 1190 g/mol. The first-order valence-corrected chi connectivity index (χ1v) is 35.2. The van der Waals surface area contributed by atoms with E-state index in [-0.39, 0.29) is 28.4 Å². The van der Waals surface area contributed by atoms with Gasteiger partial charge in [0, 0.05) is 91.8 Å². The van der Waals surface area contributed by atoms with Crippen molar-refractivity contribution in [2.24, 2.45) is 0 Å². The fourth-order valence-corrected chi connectivity index (χ4v) is 17.3. The van der Waals surface area contributed by atoms with E-state index in [2.05, 4.69) is 363 Å². The summed E-state index contributed by atoms with van der Waals surface area (Å²) in [4.78, 5) is 10.2. The number of anilines is 9. The Kier molecular flexibility index (Phi) is 14.4. The molecule has 0 atom stereocenters. The number of rotatable bonds is 9. The maximum Gasteiger partial charge on any atom is 0.251 e. The molecule has 2 aromatic heterocycles. The molecule has 0 fully saturated rings. The van der Waals surface area contributed by atoms with E-state index in [1.165, 1.54) is 107 Å². The molecule has 0 saturated heterocycles. The van der Waals surface area contributed by atoms with Crippen LogP contribution in [0, 0.1) is 0 Å². The smallest absolute Gasteiger partial charge is 0.251 e. The van der Waals surface area contributed by atoms with E-state index in [1.54, 1.807) is 0 Å². The highest BCUT2D eigenvalue weighted by Crippen LogP contribution is 2.54. The van der Waals surface area contributed by atoms with Crippen molar-refractivity contribution in [2.45, 2.75) is 115 Å². The van der Waals surface area contributed by atoms with Crippen molar-refractivity contribution in [1.29, 1.82) is 0 Å².